The van der Waals surface area contributed by atoms with Gasteiger partial charge in [-0.25, -0.2) is 0 Å². The fourth-order valence-electron chi connectivity index (χ4n) is 4.58. The maximum Gasteiger partial charge on any atom is 0.290 e. The van der Waals surface area contributed by atoms with E-state index in [1.54, 1.807) is 6.20 Å². The first kappa shape index (κ1) is 18.1. The summed E-state index contributed by atoms with van der Waals surface area (Å²) in [7, 11) is 0. The molecule has 0 spiro atoms. The number of furan rings is 1. The van der Waals surface area contributed by atoms with E-state index in [-0.39, 0.29) is 11.9 Å². The van der Waals surface area contributed by atoms with E-state index >= 15 is 0 Å². The Morgan fingerprint density at radius 1 is 1.34 bits per heavy atom. The van der Waals surface area contributed by atoms with Gasteiger partial charge in [-0.15, -0.1) is 0 Å². The molecule has 7 nitrogen and oxygen atoms in total. The van der Waals surface area contributed by atoms with Crippen LogP contribution in [0.25, 0.3) is 11.3 Å². The minimum absolute atomic E-state index is 0.0423. The quantitative estimate of drug-likeness (QED) is 0.738. The van der Waals surface area contributed by atoms with Crippen molar-refractivity contribution >= 4 is 5.91 Å². The SMILES string of the molecule is Cc1c(C(=O)N2CCC[C@H]2CN)oc2c1-c1nn(Cc3ccccn3)cc1CC2. The number of fused-ring (bicyclic) bond motifs is 3. The fraction of sp³-hybridized carbons (Fsp3) is 0.409. The highest BCUT2D eigenvalue weighted by atomic mass is 16.4. The van der Waals surface area contributed by atoms with Crippen LogP contribution < -0.4 is 5.73 Å². The highest BCUT2D eigenvalue weighted by Gasteiger charge is 2.35. The van der Waals surface area contributed by atoms with Gasteiger partial charge in [0.15, 0.2) is 5.76 Å². The zero-order valence-electron chi connectivity index (χ0n) is 16.6. The summed E-state index contributed by atoms with van der Waals surface area (Å²) < 4.78 is 8.03. The number of amides is 1. The second-order valence-electron chi connectivity index (χ2n) is 7.91. The molecule has 5 rings (SSSR count). The predicted molar refractivity (Wildman–Crippen MR) is 109 cm³/mol. The summed E-state index contributed by atoms with van der Waals surface area (Å²) in [6.07, 6.45) is 7.49. The first-order valence-corrected chi connectivity index (χ1v) is 10.3. The van der Waals surface area contributed by atoms with Gasteiger partial charge in [-0.2, -0.15) is 5.10 Å². The summed E-state index contributed by atoms with van der Waals surface area (Å²) in [4.78, 5) is 19.4. The number of pyridine rings is 1. The summed E-state index contributed by atoms with van der Waals surface area (Å²) in [6.45, 7) is 3.83. The first-order chi connectivity index (χ1) is 14.2. The van der Waals surface area contributed by atoms with Crippen LogP contribution in [0.2, 0.25) is 0 Å². The number of hydrogen-bond donors (Lipinski definition) is 1. The molecule has 3 aromatic rings. The predicted octanol–water partition coefficient (Wildman–Crippen LogP) is 2.56. The smallest absolute Gasteiger partial charge is 0.290 e. The molecular formula is C22H25N5O2. The molecule has 2 N–H and O–H groups in total. The third-order valence-electron chi connectivity index (χ3n) is 6.07. The normalized spacial score (nSPS) is 18.0. The summed E-state index contributed by atoms with van der Waals surface area (Å²) >= 11 is 0. The van der Waals surface area contributed by atoms with Crippen LogP contribution in [-0.2, 0) is 19.4 Å². The van der Waals surface area contributed by atoms with E-state index in [0.29, 0.717) is 18.8 Å². The molecule has 0 radical (unpaired) electrons. The number of rotatable bonds is 4. The lowest BCUT2D eigenvalue weighted by Crippen LogP contribution is -2.40. The van der Waals surface area contributed by atoms with Crippen LogP contribution in [0, 0.1) is 6.92 Å². The molecule has 1 amide bonds. The molecular weight excluding hydrogens is 366 g/mol. The van der Waals surface area contributed by atoms with Crippen LogP contribution in [0.4, 0.5) is 0 Å². The van der Waals surface area contributed by atoms with Gasteiger partial charge in [-0.1, -0.05) is 6.07 Å². The summed E-state index contributed by atoms with van der Waals surface area (Å²) in [6, 6.07) is 6.00. The number of likely N-dealkylation sites (tertiary alicyclic amines) is 1. The van der Waals surface area contributed by atoms with E-state index in [1.165, 1.54) is 5.56 Å². The van der Waals surface area contributed by atoms with Gasteiger partial charge in [-0.05, 0) is 43.9 Å². The number of aromatic nitrogens is 3. The van der Waals surface area contributed by atoms with Crippen molar-refractivity contribution < 1.29 is 9.21 Å². The molecule has 150 valence electrons. The van der Waals surface area contributed by atoms with E-state index in [0.717, 1.165) is 60.5 Å². The maximum atomic E-state index is 13.2. The van der Waals surface area contributed by atoms with Crippen molar-refractivity contribution in [3.63, 3.8) is 0 Å². The average molecular weight is 391 g/mol. The number of nitrogens with zero attached hydrogens (tertiary/aromatic N) is 4. The van der Waals surface area contributed by atoms with E-state index in [2.05, 4.69) is 11.2 Å². The Kier molecular flexibility index (Phi) is 4.47. The van der Waals surface area contributed by atoms with Crippen LogP contribution in [0.15, 0.2) is 35.0 Å². The van der Waals surface area contributed by atoms with Gasteiger partial charge < -0.3 is 15.1 Å². The third-order valence-corrected chi connectivity index (χ3v) is 6.07. The van der Waals surface area contributed by atoms with Gasteiger partial charge in [0.05, 0.1) is 17.9 Å². The van der Waals surface area contributed by atoms with E-state index in [1.807, 2.05) is 34.7 Å². The molecule has 2 aliphatic rings. The van der Waals surface area contributed by atoms with Gasteiger partial charge in [-0.3, -0.25) is 14.5 Å². The number of carbonyl (C=O) groups is 1. The molecule has 1 aliphatic heterocycles. The molecule has 0 unspecified atom stereocenters. The zero-order valence-corrected chi connectivity index (χ0v) is 16.6. The van der Waals surface area contributed by atoms with E-state index in [4.69, 9.17) is 15.2 Å². The van der Waals surface area contributed by atoms with Crippen molar-refractivity contribution in [2.75, 3.05) is 13.1 Å². The molecule has 1 saturated heterocycles. The number of carbonyl (C=O) groups excluding carboxylic acids is 1. The average Bonchev–Trinajstić information content (AvgIpc) is 3.44. The number of nitrogens with two attached hydrogens (primary N) is 1. The van der Waals surface area contributed by atoms with Gasteiger partial charge in [0.25, 0.3) is 5.91 Å². The Morgan fingerprint density at radius 2 is 2.24 bits per heavy atom. The maximum absolute atomic E-state index is 13.2. The topological polar surface area (TPSA) is 90.2 Å². The van der Waals surface area contributed by atoms with Gasteiger partial charge in [0.2, 0.25) is 0 Å². The van der Waals surface area contributed by atoms with Crippen molar-refractivity contribution in [3.05, 3.63) is 58.9 Å². The molecule has 1 atom stereocenters. The summed E-state index contributed by atoms with van der Waals surface area (Å²) in [5, 5.41) is 4.82. The molecule has 3 aromatic heterocycles. The van der Waals surface area contributed by atoms with Crippen LogP contribution in [0.3, 0.4) is 0 Å². The van der Waals surface area contributed by atoms with Gasteiger partial charge in [0, 0.05) is 49.1 Å². The molecule has 0 aromatic carbocycles. The largest absolute Gasteiger partial charge is 0.455 e. The van der Waals surface area contributed by atoms with Crippen molar-refractivity contribution in [1.82, 2.24) is 19.7 Å². The fourth-order valence-corrected chi connectivity index (χ4v) is 4.58. The summed E-state index contributed by atoms with van der Waals surface area (Å²) in [5.41, 5.74) is 10.8. The molecule has 1 aliphatic carbocycles. The lowest BCUT2D eigenvalue weighted by Gasteiger charge is -2.22. The van der Waals surface area contributed by atoms with Gasteiger partial charge in [0.1, 0.15) is 5.76 Å². The standard InChI is InChI=1S/C22H25N5O2/c1-14-19-18(29-21(14)22(28)27-10-4-6-17(27)11-23)8-7-15-12-26(25-20(15)19)13-16-5-2-3-9-24-16/h2-3,5,9,12,17H,4,6-8,10-11,13,23H2,1H3/t17-/m0/s1. The Bertz CT molecular complexity index is 1050. The number of hydrogen-bond acceptors (Lipinski definition) is 5. The second-order valence-corrected chi connectivity index (χ2v) is 7.91. The van der Waals surface area contributed by atoms with Crippen molar-refractivity contribution in [2.24, 2.45) is 5.73 Å². The zero-order chi connectivity index (χ0) is 20.0. The van der Waals surface area contributed by atoms with Crippen LogP contribution >= 0.6 is 0 Å². The Labute approximate surface area is 169 Å². The van der Waals surface area contributed by atoms with Crippen molar-refractivity contribution in [3.8, 4) is 11.3 Å². The molecule has 0 bridgehead atoms. The highest BCUT2D eigenvalue weighted by Crippen LogP contribution is 2.39. The lowest BCUT2D eigenvalue weighted by molar-refractivity contribution is 0.0706. The van der Waals surface area contributed by atoms with Crippen LogP contribution in [0.1, 0.15) is 46.0 Å². The molecule has 29 heavy (non-hydrogen) atoms. The second kappa shape index (κ2) is 7.15. The minimum atomic E-state index is -0.0423. The monoisotopic (exact) mass is 391 g/mol. The first-order valence-electron chi connectivity index (χ1n) is 10.3. The van der Waals surface area contributed by atoms with Crippen LogP contribution in [-0.4, -0.2) is 44.7 Å². The molecule has 4 heterocycles. The molecule has 0 saturated carbocycles. The Morgan fingerprint density at radius 3 is 3.03 bits per heavy atom. The van der Waals surface area contributed by atoms with Crippen molar-refractivity contribution in [2.45, 2.75) is 45.2 Å². The highest BCUT2D eigenvalue weighted by molar-refractivity contribution is 5.96. The Balaban J connectivity index is 1.48. The van der Waals surface area contributed by atoms with E-state index < -0.39 is 0 Å². The Hall–Kier alpha value is -2.93. The van der Waals surface area contributed by atoms with Crippen molar-refractivity contribution in [1.29, 1.82) is 0 Å². The van der Waals surface area contributed by atoms with E-state index in [9.17, 15) is 4.79 Å². The number of aryl methyl sites for hydroxylation is 2. The molecule has 1 fully saturated rings. The molecule has 7 heteroatoms. The lowest BCUT2D eigenvalue weighted by atomic mass is 9.93. The minimum Gasteiger partial charge on any atom is -0.455 e. The van der Waals surface area contributed by atoms with Crippen LogP contribution in [0.5, 0.6) is 0 Å². The third kappa shape index (κ3) is 3.06. The van der Waals surface area contributed by atoms with Gasteiger partial charge >= 0.3 is 0 Å². The summed E-state index contributed by atoms with van der Waals surface area (Å²) in [5.74, 6) is 1.27.